The van der Waals surface area contributed by atoms with Gasteiger partial charge in [0.05, 0.1) is 5.69 Å². The minimum absolute atomic E-state index is 0.141. The van der Waals surface area contributed by atoms with E-state index in [1.807, 2.05) is 13.8 Å². The van der Waals surface area contributed by atoms with Crippen molar-refractivity contribution in [2.75, 3.05) is 23.7 Å². The number of benzene rings is 2. The Morgan fingerprint density at radius 1 is 1.10 bits per heavy atom. The standard InChI is InChI=1S/C22H25ClFN3O2/c1-14-3-8-19(24)20(13-14)26-21(28)15(2)16-9-11-27(12-10-16)22(29)25-18-6-4-17(23)5-7-18/h3-8,13,15-16H,9-12H2,1-2H3,(H,25,29)(H,26,28)/t15-/m1/s1. The predicted molar refractivity (Wildman–Crippen MR) is 114 cm³/mol. The van der Waals surface area contributed by atoms with Gasteiger partial charge in [-0.2, -0.15) is 0 Å². The molecule has 1 aliphatic rings. The van der Waals surface area contributed by atoms with Crippen molar-refractivity contribution in [3.63, 3.8) is 0 Å². The number of carbonyl (C=O) groups excluding carboxylic acids is 2. The van der Waals surface area contributed by atoms with E-state index in [0.717, 1.165) is 18.4 Å². The van der Waals surface area contributed by atoms with Gasteiger partial charge >= 0.3 is 6.03 Å². The molecule has 0 bridgehead atoms. The molecule has 5 nitrogen and oxygen atoms in total. The summed E-state index contributed by atoms with van der Waals surface area (Å²) in [5.74, 6) is -0.762. The van der Waals surface area contributed by atoms with Gasteiger partial charge in [-0.25, -0.2) is 9.18 Å². The van der Waals surface area contributed by atoms with Crippen LogP contribution < -0.4 is 10.6 Å². The Bertz CT molecular complexity index is 880. The molecule has 0 saturated carbocycles. The lowest BCUT2D eigenvalue weighted by molar-refractivity contribution is -0.121. The van der Waals surface area contributed by atoms with Crippen molar-refractivity contribution in [2.45, 2.75) is 26.7 Å². The van der Waals surface area contributed by atoms with Gasteiger partial charge in [0.2, 0.25) is 5.91 Å². The fourth-order valence-electron chi connectivity index (χ4n) is 3.53. The normalized spacial score (nSPS) is 15.7. The SMILES string of the molecule is Cc1ccc(F)c(NC(=O)[C@H](C)C2CCN(C(=O)Nc3ccc(Cl)cc3)CC2)c1. The van der Waals surface area contributed by atoms with Crippen molar-refractivity contribution in [3.05, 3.63) is 58.9 Å². The van der Waals surface area contributed by atoms with Crippen molar-refractivity contribution < 1.29 is 14.0 Å². The summed E-state index contributed by atoms with van der Waals surface area (Å²) in [7, 11) is 0. The van der Waals surface area contributed by atoms with E-state index in [0.29, 0.717) is 23.8 Å². The maximum absolute atomic E-state index is 13.9. The van der Waals surface area contributed by atoms with Gasteiger partial charge in [0.25, 0.3) is 0 Å². The highest BCUT2D eigenvalue weighted by Gasteiger charge is 2.30. The van der Waals surface area contributed by atoms with Gasteiger partial charge in [0, 0.05) is 29.7 Å². The van der Waals surface area contributed by atoms with Crippen LogP contribution in [0.15, 0.2) is 42.5 Å². The topological polar surface area (TPSA) is 61.4 Å². The van der Waals surface area contributed by atoms with Gasteiger partial charge in [-0.1, -0.05) is 24.6 Å². The molecule has 1 aliphatic heterocycles. The molecule has 2 aromatic carbocycles. The largest absolute Gasteiger partial charge is 0.325 e. The number of carbonyl (C=O) groups is 2. The molecule has 0 aromatic heterocycles. The number of urea groups is 1. The van der Waals surface area contributed by atoms with E-state index in [1.54, 1.807) is 41.3 Å². The first-order valence-electron chi connectivity index (χ1n) is 9.72. The number of hydrogen-bond donors (Lipinski definition) is 2. The number of hydrogen-bond acceptors (Lipinski definition) is 2. The summed E-state index contributed by atoms with van der Waals surface area (Å²) in [6, 6.07) is 11.4. The van der Waals surface area contributed by atoms with Gasteiger partial charge in [-0.3, -0.25) is 4.79 Å². The van der Waals surface area contributed by atoms with Crippen molar-refractivity contribution in [1.29, 1.82) is 0 Å². The van der Waals surface area contributed by atoms with Crippen LogP contribution in [0, 0.1) is 24.6 Å². The molecule has 3 rings (SSSR count). The molecule has 0 aliphatic carbocycles. The van der Waals surface area contributed by atoms with E-state index in [-0.39, 0.29) is 29.5 Å². The number of likely N-dealkylation sites (tertiary alicyclic amines) is 1. The van der Waals surface area contributed by atoms with E-state index in [2.05, 4.69) is 10.6 Å². The molecule has 3 amide bonds. The van der Waals surface area contributed by atoms with Crippen molar-refractivity contribution >= 4 is 34.9 Å². The molecule has 1 atom stereocenters. The number of aryl methyl sites for hydroxylation is 1. The van der Waals surface area contributed by atoms with Gasteiger partial charge < -0.3 is 15.5 Å². The minimum Gasteiger partial charge on any atom is -0.325 e. The van der Waals surface area contributed by atoms with Crippen LogP contribution in [-0.2, 0) is 4.79 Å². The molecule has 7 heteroatoms. The second-order valence-corrected chi connectivity index (χ2v) is 7.96. The second kappa shape index (κ2) is 9.27. The number of nitrogens with zero attached hydrogens (tertiary/aromatic N) is 1. The Balaban J connectivity index is 1.51. The minimum atomic E-state index is -0.440. The zero-order chi connectivity index (χ0) is 21.0. The number of amides is 3. The molecule has 1 fully saturated rings. The number of rotatable bonds is 4. The number of anilines is 2. The van der Waals surface area contributed by atoms with Gasteiger partial charge in [0.1, 0.15) is 5.82 Å². The van der Waals surface area contributed by atoms with Crippen LogP contribution >= 0.6 is 11.6 Å². The maximum Gasteiger partial charge on any atom is 0.321 e. The van der Waals surface area contributed by atoms with E-state index in [4.69, 9.17) is 11.6 Å². The molecular weight excluding hydrogens is 393 g/mol. The molecule has 0 unspecified atom stereocenters. The van der Waals surface area contributed by atoms with Crippen molar-refractivity contribution in [2.24, 2.45) is 11.8 Å². The predicted octanol–water partition coefficient (Wildman–Crippen LogP) is 5.31. The molecule has 154 valence electrons. The second-order valence-electron chi connectivity index (χ2n) is 7.52. The zero-order valence-electron chi connectivity index (χ0n) is 16.5. The van der Waals surface area contributed by atoms with E-state index >= 15 is 0 Å². The third-order valence-electron chi connectivity index (χ3n) is 5.42. The lowest BCUT2D eigenvalue weighted by Crippen LogP contribution is -2.43. The van der Waals surface area contributed by atoms with E-state index < -0.39 is 5.82 Å². The third-order valence-corrected chi connectivity index (χ3v) is 5.67. The molecule has 1 heterocycles. The Labute approximate surface area is 175 Å². The van der Waals surface area contributed by atoms with Crippen LogP contribution in [0.5, 0.6) is 0 Å². The number of piperidine rings is 1. The molecule has 2 aromatic rings. The Morgan fingerprint density at radius 2 is 1.76 bits per heavy atom. The number of halogens is 2. The maximum atomic E-state index is 13.9. The summed E-state index contributed by atoms with van der Waals surface area (Å²) in [6.45, 7) is 4.85. The van der Waals surface area contributed by atoms with Crippen LogP contribution in [0.1, 0.15) is 25.3 Å². The van der Waals surface area contributed by atoms with E-state index in [1.165, 1.54) is 6.07 Å². The lowest BCUT2D eigenvalue weighted by atomic mass is 9.85. The molecule has 2 N–H and O–H groups in total. The molecule has 0 spiro atoms. The van der Waals surface area contributed by atoms with Gasteiger partial charge in [-0.15, -0.1) is 0 Å². The summed E-state index contributed by atoms with van der Waals surface area (Å²) in [6.07, 6.45) is 1.44. The Hall–Kier alpha value is -2.60. The van der Waals surface area contributed by atoms with Crippen LogP contribution in [-0.4, -0.2) is 29.9 Å². The smallest absolute Gasteiger partial charge is 0.321 e. The first kappa shape index (κ1) is 21.1. The Morgan fingerprint density at radius 3 is 2.41 bits per heavy atom. The summed E-state index contributed by atoms with van der Waals surface area (Å²) in [4.78, 5) is 26.8. The Kier molecular flexibility index (Phi) is 6.75. The fourth-order valence-corrected chi connectivity index (χ4v) is 3.66. The van der Waals surface area contributed by atoms with Crippen LogP contribution in [0.2, 0.25) is 5.02 Å². The number of nitrogens with one attached hydrogen (secondary N) is 2. The van der Waals surface area contributed by atoms with Gasteiger partial charge in [0.15, 0.2) is 0 Å². The zero-order valence-corrected chi connectivity index (χ0v) is 17.3. The average Bonchev–Trinajstić information content (AvgIpc) is 2.72. The molecule has 29 heavy (non-hydrogen) atoms. The monoisotopic (exact) mass is 417 g/mol. The first-order valence-corrected chi connectivity index (χ1v) is 10.1. The average molecular weight is 418 g/mol. The van der Waals surface area contributed by atoms with Gasteiger partial charge in [-0.05, 0) is 67.6 Å². The van der Waals surface area contributed by atoms with Crippen LogP contribution in [0.4, 0.5) is 20.6 Å². The van der Waals surface area contributed by atoms with Crippen molar-refractivity contribution in [3.8, 4) is 0 Å². The van der Waals surface area contributed by atoms with Crippen LogP contribution in [0.3, 0.4) is 0 Å². The fraction of sp³-hybridized carbons (Fsp3) is 0.364. The summed E-state index contributed by atoms with van der Waals surface area (Å²) >= 11 is 5.86. The quantitative estimate of drug-likeness (QED) is 0.708. The third kappa shape index (κ3) is 5.48. The highest BCUT2D eigenvalue weighted by Crippen LogP contribution is 2.27. The molecule has 0 radical (unpaired) electrons. The summed E-state index contributed by atoms with van der Waals surface area (Å²) in [5.41, 5.74) is 1.78. The van der Waals surface area contributed by atoms with Crippen molar-refractivity contribution in [1.82, 2.24) is 4.90 Å². The molecular formula is C22H25ClFN3O2. The lowest BCUT2D eigenvalue weighted by Gasteiger charge is -2.34. The highest BCUT2D eigenvalue weighted by molar-refractivity contribution is 6.30. The first-order chi connectivity index (χ1) is 13.8. The highest BCUT2D eigenvalue weighted by atomic mass is 35.5. The van der Waals surface area contributed by atoms with Crippen LogP contribution in [0.25, 0.3) is 0 Å². The summed E-state index contributed by atoms with van der Waals surface area (Å²) < 4.78 is 13.9. The summed E-state index contributed by atoms with van der Waals surface area (Å²) in [5, 5.41) is 6.17. The molecule has 1 saturated heterocycles. The van der Waals surface area contributed by atoms with E-state index in [9.17, 15) is 14.0 Å².